The molecule has 140 valence electrons. The van der Waals surface area contributed by atoms with Gasteiger partial charge in [0.2, 0.25) is 5.91 Å². The normalized spacial score (nSPS) is 28.8. The van der Waals surface area contributed by atoms with E-state index in [0.29, 0.717) is 5.56 Å². The van der Waals surface area contributed by atoms with Crippen molar-refractivity contribution in [3.8, 4) is 0 Å². The first-order valence-corrected chi connectivity index (χ1v) is 8.54. The molecule has 26 heavy (non-hydrogen) atoms. The SMILES string of the molecule is Cc1ccc(C(=O)OC[C@H]2O[C@@H](N3CC(C)C(=O)NC3=O)C[C@@H]2O)cc1. The lowest BCUT2D eigenvalue weighted by Gasteiger charge is -2.34. The number of benzene rings is 1. The topological polar surface area (TPSA) is 105 Å². The highest BCUT2D eigenvalue weighted by Crippen LogP contribution is 2.26. The van der Waals surface area contributed by atoms with E-state index in [0.717, 1.165) is 5.56 Å². The Morgan fingerprint density at radius 1 is 1.35 bits per heavy atom. The van der Waals surface area contributed by atoms with Gasteiger partial charge in [-0.25, -0.2) is 9.59 Å². The minimum Gasteiger partial charge on any atom is -0.459 e. The van der Waals surface area contributed by atoms with E-state index in [1.165, 1.54) is 4.90 Å². The fourth-order valence-corrected chi connectivity index (χ4v) is 3.00. The molecule has 0 spiro atoms. The van der Waals surface area contributed by atoms with Crippen LogP contribution in [-0.2, 0) is 14.3 Å². The zero-order valence-electron chi connectivity index (χ0n) is 14.7. The standard InChI is InChI=1S/C18H22N2O6/c1-10-3-5-12(6-4-10)17(23)25-9-14-13(21)7-15(26-14)20-8-11(2)16(22)19-18(20)24/h3-6,11,13-15,21H,7-9H2,1-2H3,(H,19,22,24)/t11?,13-,14+,15+/m0/s1. The van der Waals surface area contributed by atoms with Crippen LogP contribution in [0.3, 0.4) is 0 Å². The number of urea groups is 1. The summed E-state index contributed by atoms with van der Waals surface area (Å²) < 4.78 is 10.9. The van der Waals surface area contributed by atoms with Crippen LogP contribution in [0.25, 0.3) is 0 Å². The van der Waals surface area contributed by atoms with E-state index in [1.54, 1.807) is 19.1 Å². The van der Waals surface area contributed by atoms with Crippen molar-refractivity contribution in [2.75, 3.05) is 13.2 Å². The molecule has 0 radical (unpaired) electrons. The molecule has 4 atom stereocenters. The van der Waals surface area contributed by atoms with Crippen LogP contribution >= 0.6 is 0 Å². The summed E-state index contributed by atoms with van der Waals surface area (Å²) in [6, 6.07) is 6.42. The highest BCUT2D eigenvalue weighted by Gasteiger charge is 2.42. The lowest BCUT2D eigenvalue weighted by molar-refractivity contribution is -0.128. The molecule has 2 aliphatic heterocycles. The maximum Gasteiger partial charge on any atom is 0.338 e. The fraction of sp³-hybridized carbons (Fsp3) is 0.500. The number of nitrogens with zero attached hydrogens (tertiary/aromatic N) is 1. The summed E-state index contributed by atoms with van der Waals surface area (Å²) in [5.41, 5.74) is 1.45. The summed E-state index contributed by atoms with van der Waals surface area (Å²) in [6.45, 7) is 3.73. The van der Waals surface area contributed by atoms with E-state index in [1.807, 2.05) is 19.1 Å². The number of amides is 3. The van der Waals surface area contributed by atoms with Gasteiger partial charge in [-0.3, -0.25) is 15.0 Å². The largest absolute Gasteiger partial charge is 0.459 e. The van der Waals surface area contributed by atoms with Crippen molar-refractivity contribution in [1.82, 2.24) is 10.2 Å². The van der Waals surface area contributed by atoms with E-state index < -0.39 is 30.4 Å². The van der Waals surface area contributed by atoms with Gasteiger partial charge in [-0.1, -0.05) is 24.6 Å². The molecule has 2 aliphatic rings. The van der Waals surface area contributed by atoms with Crippen molar-refractivity contribution in [2.24, 2.45) is 5.92 Å². The van der Waals surface area contributed by atoms with Gasteiger partial charge in [-0.2, -0.15) is 0 Å². The predicted molar refractivity (Wildman–Crippen MR) is 90.2 cm³/mol. The lowest BCUT2D eigenvalue weighted by atomic mass is 10.1. The van der Waals surface area contributed by atoms with Crippen LogP contribution in [0.15, 0.2) is 24.3 Å². The Bertz CT molecular complexity index is 704. The van der Waals surface area contributed by atoms with Crippen molar-refractivity contribution in [3.63, 3.8) is 0 Å². The van der Waals surface area contributed by atoms with Gasteiger partial charge in [0.1, 0.15) is 18.9 Å². The van der Waals surface area contributed by atoms with E-state index in [2.05, 4.69) is 5.32 Å². The Morgan fingerprint density at radius 3 is 2.73 bits per heavy atom. The van der Waals surface area contributed by atoms with Gasteiger partial charge < -0.3 is 14.6 Å². The fourth-order valence-electron chi connectivity index (χ4n) is 3.00. The third kappa shape index (κ3) is 3.86. The molecule has 8 heteroatoms. The number of imide groups is 1. The van der Waals surface area contributed by atoms with Crippen LogP contribution in [-0.4, -0.2) is 59.5 Å². The highest BCUT2D eigenvalue weighted by molar-refractivity contribution is 5.97. The number of esters is 1. The molecule has 2 N–H and O–H groups in total. The molecular weight excluding hydrogens is 340 g/mol. The molecule has 1 aromatic carbocycles. The predicted octanol–water partition coefficient (Wildman–Crippen LogP) is 0.816. The first-order chi connectivity index (χ1) is 12.3. The zero-order valence-corrected chi connectivity index (χ0v) is 14.7. The van der Waals surface area contributed by atoms with Gasteiger partial charge in [0.05, 0.1) is 17.6 Å². The monoisotopic (exact) mass is 362 g/mol. The van der Waals surface area contributed by atoms with Crippen LogP contribution in [0.2, 0.25) is 0 Å². The first-order valence-electron chi connectivity index (χ1n) is 8.54. The molecule has 0 bridgehead atoms. The Hall–Kier alpha value is -2.45. The van der Waals surface area contributed by atoms with Gasteiger partial charge >= 0.3 is 12.0 Å². The maximum atomic E-state index is 12.1. The second kappa shape index (κ2) is 7.43. The number of rotatable bonds is 4. The zero-order chi connectivity index (χ0) is 18.8. The molecule has 0 aliphatic carbocycles. The molecule has 3 rings (SSSR count). The second-order valence-corrected chi connectivity index (χ2v) is 6.74. The van der Waals surface area contributed by atoms with Gasteiger partial charge in [0.15, 0.2) is 0 Å². The number of aliphatic hydroxyl groups is 1. The van der Waals surface area contributed by atoms with E-state index in [9.17, 15) is 19.5 Å². The average molecular weight is 362 g/mol. The van der Waals surface area contributed by atoms with Gasteiger partial charge in [-0.15, -0.1) is 0 Å². The van der Waals surface area contributed by atoms with Gasteiger partial charge in [0.25, 0.3) is 0 Å². The molecule has 1 unspecified atom stereocenters. The van der Waals surface area contributed by atoms with Crippen LogP contribution in [0.5, 0.6) is 0 Å². The summed E-state index contributed by atoms with van der Waals surface area (Å²) in [5.74, 6) is -1.18. The smallest absolute Gasteiger partial charge is 0.338 e. The first kappa shape index (κ1) is 18.3. The van der Waals surface area contributed by atoms with Crippen LogP contribution < -0.4 is 5.32 Å². The number of nitrogens with one attached hydrogen (secondary N) is 1. The number of aryl methyl sites for hydroxylation is 1. The Labute approximate surface area is 151 Å². The van der Waals surface area contributed by atoms with Crippen molar-refractivity contribution in [1.29, 1.82) is 0 Å². The highest BCUT2D eigenvalue weighted by atomic mass is 16.6. The number of carbonyl (C=O) groups is 3. The third-order valence-corrected chi connectivity index (χ3v) is 4.63. The summed E-state index contributed by atoms with van der Waals surface area (Å²) in [5, 5.41) is 12.4. The summed E-state index contributed by atoms with van der Waals surface area (Å²) in [4.78, 5) is 36.9. The molecule has 2 saturated heterocycles. The maximum absolute atomic E-state index is 12.1. The second-order valence-electron chi connectivity index (χ2n) is 6.74. The minimum atomic E-state index is -0.869. The number of ether oxygens (including phenoxy) is 2. The van der Waals surface area contributed by atoms with Crippen LogP contribution in [0.1, 0.15) is 29.3 Å². The molecule has 1 aromatic rings. The molecular formula is C18H22N2O6. The molecule has 2 fully saturated rings. The summed E-state index contributed by atoms with van der Waals surface area (Å²) >= 11 is 0. The third-order valence-electron chi connectivity index (χ3n) is 4.63. The number of carbonyl (C=O) groups excluding carboxylic acids is 3. The average Bonchev–Trinajstić information content (AvgIpc) is 2.97. The molecule has 2 heterocycles. The number of hydrogen-bond donors (Lipinski definition) is 2. The van der Waals surface area contributed by atoms with E-state index in [-0.39, 0.29) is 31.4 Å². The Kier molecular flexibility index (Phi) is 5.24. The molecule has 0 aromatic heterocycles. The quantitative estimate of drug-likeness (QED) is 0.768. The van der Waals surface area contributed by atoms with E-state index >= 15 is 0 Å². The summed E-state index contributed by atoms with van der Waals surface area (Å²) in [6.07, 6.45) is -2.06. The molecule has 3 amide bonds. The van der Waals surface area contributed by atoms with Gasteiger partial charge in [-0.05, 0) is 19.1 Å². The lowest BCUT2D eigenvalue weighted by Crippen LogP contribution is -2.57. The van der Waals surface area contributed by atoms with Crippen molar-refractivity contribution in [3.05, 3.63) is 35.4 Å². The summed E-state index contributed by atoms with van der Waals surface area (Å²) in [7, 11) is 0. The van der Waals surface area contributed by atoms with Crippen LogP contribution in [0.4, 0.5) is 4.79 Å². The molecule has 0 saturated carbocycles. The van der Waals surface area contributed by atoms with Crippen molar-refractivity contribution < 1.29 is 29.0 Å². The molecule has 8 nitrogen and oxygen atoms in total. The Morgan fingerprint density at radius 2 is 2.04 bits per heavy atom. The Balaban J connectivity index is 1.55. The number of aliphatic hydroxyl groups excluding tert-OH is 1. The van der Waals surface area contributed by atoms with Crippen molar-refractivity contribution in [2.45, 2.75) is 38.7 Å². The van der Waals surface area contributed by atoms with Gasteiger partial charge in [0, 0.05) is 13.0 Å². The number of hydrogen-bond acceptors (Lipinski definition) is 6. The van der Waals surface area contributed by atoms with Crippen LogP contribution in [0, 0.1) is 12.8 Å². The van der Waals surface area contributed by atoms with Crippen molar-refractivity contribution >= 4 is 17.9 Å². The van der Waals surface area contributed by atoms with E-state index in [4.69, 9.17) is 9.47 Å². The minimum absolute atomic E-state index is 0.117.